The lowest BCUT2D eigenvalue weighted by Crippen LogP contribution is -2.43. The van der Waals surface area contributed by atoms with Crippen molar-refractivity contribution in [2.75, 3.05) is 26.7 Å². The summed E-state index contributed by atoms with van der Waals surface area (Å²) in [4.78, 5) is 2.37. The van der Waals surface area contributed by atoms with E-state index in [4.69, 9.17) is 0 Å². The summed E-state index contributed by atoms with van der Waals surface area (Å²) in [5.41, 5.74) is 1.40. The van der Waals surface area contributed by atoms with Crippen LogP contribution in [0, 0.1) is 0 Å². The van der Waals surface area contributed by atoms with Crippen molar-refractivity contribution in [3.05, 3.63) is 35.9 Å². The normalized spacial score (nSPS) is 24.5. The van der Waals surface area contributed by atoms with Gasteiger partial charge >= 0.3 is 0 Å². The van der Waals surface area contributed by atoms with Crippen LogP contribution in [0.1, 0.15) is 11.6 Å². The zero-order valence-corrected chi connectivity index (χ0v) is 8.03. The van der Waals surface area contributed by atoms with E-state index < -0.39 is 0 Å². The molecule has 2 heteroatoms. The van der Waals surface area contributed by atoms with Crippen LogP contribution in [0.5, 0.6) is 0 Å². The summed E-state index contributed by atoms with van der Waals surface area (Å²) in [5.74, 6) is 0. The zero-order chi connectivity index (χ0) is 9.10. The van der Waals surface area contributed by atoms with Crippen LogP contribution in [0.4, 0.5) is 0 Å². The summed E-state index contributed by atoms with van der Waals surface area (Å²) in [6.45, 7) is 3.36. The third-order valence-electron chi connectivity index (χ3n) is 2.58. The van der Waals surface area contributed by atoms with Gasteiger partial charge in [0.15, 0.2) is 0 Å². The van der Waals surface area contributed by atoms with Gasteiger partial charge in [-0.1, -0.05) is 30.3 Å². The molecule has 1 aliphatic rings. The first-order valence-corrected chi connectivity index (χ1v) is 4.83. The van der Waals surface area contributed by atoms with Gasteiger partial charge in [0.25, 0.3) is 0 Å². The fraction of sp³-hybridized carbons (Fsp3) is 0.455. The molecule has 1 aromatic rings. The first kappa shape index (κ1) is 8.73. The molecule has 0 aromatic heterocycles. The molecule has 0 unspecified atom stereocenters. The van der Waals surface area contributed by atoms with Gasteiger partial charge in [0.05, 0.1) is 0 Å². The van der Waals surface area contributed by atoms with E-state index in [1.165, 1.54) is 5.56 Å². The molecule has 0 radical (unpaired) electrons. The van der Waals surface area contributed by atoms with E-state index >= 15 is 0 Å². The molecule has 70 valence electrons. The molecule has 1 N–H and O–H groups in total. The highest BCUT2D eigenvalue weighted by Gasteiger charge is 2.16. The average molecular weight is 176 g/mol. The van der Waals surface area contributed by atoms with Crippen LogP contribution in [-0.2, 0) is 0 Å². The van der Waals surface area contributed by atoms with E-state index in [9.17, 15) is 0 Å². The van der Waals surface area contributed by atoms with Crippen LogP contribution in [0.25, 0.3) is 0 Å². The average Bonchev–Trinajstić information content (AvgIpc) is 2.19. The standard InChI is InChI=1S/C11H16N2/c1-13-8-7-12-11(9-13)10-5-3-2-4-6-10/h2-6,11-12H,7-9H2,1H3/t11-/m1/s1. The molecule has 0 amide bonds. The fourth-order valence-electron chi connectivity index (χ4n) is 1.81. The molecular weight excluding hydrogens is 160 g/mol. The van der Waals surface area contributed by atoms with Crippen molar-refractivity contribution in [3.8, 4) is 0 Å². The maximum Gasteiger partial charge on any atom is 0.0449 e. The van der Waals surface area contributed by atoms with Gasteiger partial charge in [-0.15, -0.1) is 0 Å². The summed E-state index contributed by atoms with van der Waals surface area (Å²) in [5, 5.41) is 3.52. The molecule has 1 atom stereocenters. The third-order valence-corrected chi connectivity index (χ3v) is 2.58. The molecule has 0 bridgehead atoms. The molecule has 2 rings (SSSR count). The first-order chi connectivity index (χ1) is 6.36. The Morgan fingerprint density at radius 2 is 2.08 bits per heavy atom. The summed E-state index contributed by atoms with van der Waals surface area (Å²) >= 11 is 0. The van der Waals surface area contributed by atoms with Crippen molar-refractivity contribution in [1.29, 1.82) is 0 Å². The van der Waals surface area contributed by atoms with Crippen molar-refractivity contribution >= 4 is 0 Å². The zero-order valence-electron chi connectivity index (χ0n) is 8.03. The monoisotopic (exact) mass is 176 g/mol. The first-order valence-electron chi connectivity index (χ1n) is 4.83. The van der Waals surface area contributed by atoms with Gasteiger partial charge < -0.3 is 10.2 Å². The van der Waals surface area contributed by atoms with Crippen molar-refractivity contribution in [3.63, 3.8) is 0 Å². The molecule has 13 heavy (non-hydrogen) atoms. The topological polar surface area (TPSA) is 15.3 Å². The van der Waals surface area contributed by atoms with Gasteiger partial charge in [0, 0.05) is 25.7 Å². The van der Waals surface area contributed by atoms with Crippen molar-refractivity contribution in [2.24, 2.45) is 0 Å². The summed E-state index contributed by atoms with van der Waals surface area (Å²) < 4.78 is 0. The van der Waals surface area contributed by atoms with E-state index in [2.05, 4.69) is 47.6 Å². The van der Waals surface area contributed by atoms with Gasteiger partial charge in [0.1, 0.15) is 0 Å². The van der Waals surface area contributed by atoms with Crippen LogP contribution in [0.15, 0.2) is 30.3 Å². The van der Waals surface area contributed by atoms with E-state index in [0.717, 1.165) is 19.6 Å². The van der Waals surface area contributed by atoms with Crippen molar-refractivity contribution < 1.29 is 0 Å². The molecule has 1 heterocycles. The lowest BCUT2D eigenvalue weighted by molar-refractivity contribution is 0.241. The highest BCUT2D eigenvalue weighted by atomic mass is 15.2. The number of benzene rings is 1. The Labute approximate surface area is 79.6 Å². The molecular formula is C11H16N2. The van der Waals surface area contributed by atoms with Gasteiger partial charge in [0.2, 0.25) is 0 Å². The second-order valence-electron chi connectivity index (χ2n) is 3.68. The quantitative estimate of drug-likeness (QED) is 0.693. The number of nitrogens with one attached hydrogen (secondary N) is 1. The second kappa shape index (κ2) is 3.90. The van der Waals surface area contributed by atoms with Gasteiger partial charge in [-0.3, -0.25) is 0 Å². The second-order valence-corrected chi connectivity index (χ2v) is 3.68. The van der Waals surface area contributed by atoms with E-state index in [0.29, 0.717) is 6.04 Å². The van der Waals surface area contributed by atoms with Crippen molar-refractivity contribution in [2.45, 2.75) is 6.04 Å². The Balaban J connectivity index is 2.08. The number of piperazine rings is 1. The Kier molecular flexibility index (Phi) is 2.62. The van der Waals surface area contributed by atoms with Gasteiger partial charge in [-0.2, -0.15) is 0 Å². The Morgan fingerprint density at radius 1 is 1.31 bits per heavy atom. The molecule has 1 aromatic carbocycles. The van der Waals surface area contributed by atoms with E-state index in [1.807, 2.05) is 0 Å². The predicted molar refractivity (Wildman–Crippen MR) is 54.7 cm³/mol. The van der Waals surface area contributed by atoms with Crippen LogP contribution < -0.4 is 5.32 Å². The van der Waals surface area contributed by atoms with E-state index in [-0.39, 0.29) is 0 Å². The minimum Gasteiger partial charge on any atom is -0.308 e. The molecule has 0 saturated carbocycles. The van der Waals surface area contributed by atoms with Crippen LogP contribution in [-0.4, -0.2) is 31.6 Å². The lowest BCUT2D eigenvalue weighted by atomic mass is 10.1. The minimum absolute atomic E-state index is 0.514. The number of hydrogen-bond donors (Lipinski definition) is 1. The Hall–Kier alpha value is -0.860. The number of likely N-dealkylation sites (N-methyl/N-ethyl adjacent to an activating group) is 1. The molecule has 0 aliphatic carbocycles. The van der Waals surface area contributed by atoms with Gasteiger partial charge in [-0.25, -0.2) is 0 Å². The van der Waals surface area contributed by atoms with E-state index in [1.54, 1.807) is 0 Å². The smallest absolute Gasteiger partial charge is 0.0449 e. The maximum absolute atomic E-state index is 3.52. The van der Waals surface area contributed by atoms with Crippen molar-refractivity contribution in [1.82, 2.24) is 10.2 Å². The predicted octanol–water partition coefficient (Wildman–Crippen LogP) is 1.26. The highest BCUT2D eigenvalue weighted by molar-refractivity contribution is 5.19. The fourth-order valence-corrected chi connectivity index (χ4v) is 1.81. The van der Waals surface area contributed by atoms with Crippen LogP contribution in [0.3, 0.4) is 0 Å². The van der Waals surface area contributed by atoms with Crippen LogP contribution >= 0.6 is 0 Å². The summed E-state index contributed by atoms with van der Waals surface area (Å²) in [6, 6.07) is 11.2. The SMILES string of the molecule is CN1CCN[C@@H](c2ccccc2)C1. The molecule has 1 fully saturated rings. The Bertz CT molecular complexity index is 258. The molecule has 0 spiro atoms. The maximum atomic E-state index is 3.52. The number of rotatable bonds is 1. The summed E-state index contributed by atoms with van der Waals surface area (Å²) in [6.07, 6.45) is 0. The molecule has 2 nitrogen and oxygen atoms in total. The Morgan fingerprint density at radius 3 is 2.77 bits per heavy atom. The van der Waals surface area contributed by atoms with Gasteiger partial charge in [-0.05, 0) is 12.6 Å². The minimum atomic E-state index is 0.514. The number of hydrogen-bond acceptors (Lipinski definition) is 2. The largest absolute Gasteiger partial charge is 0.308 e. The molecule has 1 aliphatic heterocycles. The molecule has 1 saturated heterocycles. The summed E-state index contributed by atoms with van der Waals surface area (Å²) in [7, 11) is 2.18. The third kappa shape index (κ3) is 2.08. The number of nitrogens with zero attached hydrogens (tertiary/aromatic N) is 1. The van der Waals surface area contributed by atoms with Crippen LogP contribution in [0.2, 0.25) is 0 Å². The lowest BCUT2D eigenvalue weighted by Gasteiger charge is -2.31. The highest BCUT2D eigenvalue weighted by Crippen LogP contribution is 2.15.